The van der Waals surface area contributed by atoms with Crippen LogP contribution < -0.4 is 5.32 Å². The minimum atomic E-state index is 0.673. The summed E-state index contributed by atoms with van der Waals surface area (Å²) < 4.78 is 12.4. The highest BCUT2D eigenvalue weighted by Gasteiger charge is 1.98. The molecule has 0 fully saturated rings. The smallest absolute Gasteiger partial charge is 0.202 e. The minimum absolute atomic E-state index is 0.673. The van der Waals surface area contributed by atoms with E-state index < -0.39 is 0 Å². The van der Waals surface area contributed by atoms with Gasteiger partial charge in [0, 0.05) is 39.2 Å². The highest BCUT2D eigenvalue weighted by molar-refractivity contribution is 5.25. The molecule has 1 aromatic heterocycles. The van der Waals surface area contributed by atoms with Gasteiger partial charge < -0.3 is 19.4 Å². The van der Waals surface area contributed by atoms with Gasteiger partial charge in [0.15, 0.2) is 0 Å². The molecule has 17 heavy (non-hydrogen) atoms. The van der Waals surface area contributed by atoms with Gasteiger partial charge in [-0.2, -0.15) is 0 Å². The normalized spacial score (nSPS) is 10.7. The lowest BCUT2D eigenvalue weighted by Crippen LogP contribution is -2.09. The van der Waals surface area contributed by atoms with Gasteiger partial charge in [-0.3, -0.25) is 0 Å². The second-order valence-corrected chi connectivity index (χ2v) is 3.78. The van der Waals surface area contributed by atoms with E-state index in [-0.39, 0.29) is 0 Å². The number of aryl methyl sites for hydroxylation is 1. The molecule has 0 bridgehead atoms. The van der Waals surface area contributed by atoms with E-state index in [4.69, 9.17) is 9.47 Å². The molecule has 1 N–H and O–H groups in total. The van der Waals surface area contributed by atoms with Crippen LogP contribution in [0.25, 0.3) is 0 Å². The van der Waals surface area contributed by atoms with Crippen molar-refractivity contribution in [2.75, 3.05) is 38.8 Å². The lowest BCUT2D eigenvalue weighted by molar-refractivity contribution is 0.0691. The molecule has 0 saturated carbocycles. The molecular weight excluding hydrogens is 218 g/mol. The van der Waals surface area contributed by atoms with E-state index in [1.54, 1.807) is 7.11 Å². The number of hydrogen-bond acceptors (Lipinski definition) is 4. The topological polar surface area (TPSA) is 48.3 Å². The highest BCUT2D eigenvalue weighted by atomic mass is 16.5. The fourth-order valence-corrected chi connectivity index (χ4v) is 1.51. The molecule has 0 spiro atoms. The molecule has 0 atom stereocenters. The maximum absolute atomic E-state index is 5.38. The quantitative estimate of drug-likeness (QED) is 0.634. The number of nitrogens with zero attached hydrogens (tertiary/aromatic N) is 2. The van der Waals surface area contributed by atoms with Gasteiger partial charge in [0.2, 0.25) is 5.95 Å². The molecule has 0 aliphatic rings. The molecule has 1 aromatic rings. The van der Waals surface area contributed by atoms with Crippen LogP contribution in [-0.2, 0) is 16.0 Å². The van der Waals surface area contributed by atoms with E-state index in [1.165, 1.54) is 0 Å². The molecule has 0 unspecified atom stereocenters. The molecule has 1 rings (SSSR count). The SMILES string of the molecule is CCn1ccnc1NCCCCOCCOC. The summed E-state index contributed by atoms with van der Waals surface area (Å²) in [6, 6.07) is 0. The van der Waals surface area contributed by atoms with Crippen molar-refractivity contribution in [1.29, 1.82) is 0 Å². The van der Waals surface area contributed by atoms with Gasteiger partial charge in [0.25, 0.3) is 0 Å². The Morgan fingerprint density at radius 1 is 1.29 bits per heavy atom. The number of nitrogens with one attached hydrogen (secondary N) is 1. The number of methoxy groups -OCH3 is 1. The lowest BCUT2D eigenvalue weighted by atomic mass is 10.3. The highest BCUT2D eigenvalue weighted by Crippen LogP contribution is 2.03. The number of rotatable bonds is 10. The Kier molecular flexibility index (Phi) is 7.42. The molecule has 98 valence electrons. The Balaban J connectivity index is 1.97. The van der Waals surface area contributed by atoms with E-state index in [2.05, 4.69) is 21.8 Å². The van der Waals surface area contributed by atoms with E-state index in [9.17, 15) is 0 Å². The first-order valence-electron chi connectivity index (χ1n) is 6.20. The summed E-state index contributed by atoms with van der Waals surface area (Å²) in [5.41, 5.74) is 0. The number of hydrogen-bond donors (Lipinski definition) is 1. The second kappa shape index (κ2) is 9.01. The zero-order valence-corrected chi connectivity index (χ0v) is 10.8. The number of anilines is 1. The third kappa shape index (κ3) is 5.70. The number of unbranched alkanes of at least 4 members (excludes halogenated alkanes) is 1. The fourth-order valence-electron chi connectivity index (χ4n) is 1.51. The molecule has 0 aliphatic heterocycles. The average molecular weight is 241 g/mol. The second-order valence-electron chi connectivity index (χ2n) is 3.78. The van der Waals surface area contributed by atoms with Gasteiger partial charge in [0.1, 0.15) is 0 Å². The van der Waals surface area contributed by atoms with Crippen molar-refractivity contribution >= 4 is 5.95 Å². The summed E-state index contributed by atoms with van der Waals surface area (Å²) in [4.78, 5) is 4.25. The van der Waals surface area contributed by atoms with Gasteiger partial charge in [-0.15, -0.1) is 0 Å². The summed E-state index contributed by atoms with van der Waals surface area (Å²) >= 11 is 0. The van der Waals surface area contributed by atoms with Crippen molar-refractivity contribution in [3.63, 3.8) is 0 Å². The van der Waals surface area contributed by atoms with E-state index in [0.29, 0.717) is 13.2 Å². The lowest BCUT2D eigenvalue weighted by Gasteiger charge is -2.07. The summed E-state index contributed by atoms with van der Waals surface area (Å²) in [7, 11) is 1.68. The van der Waals surface area contributed by atoms with E-state index >= 15 is 0 Å². The van der Waals surface area contributed by atoms with Gasteiger partial charge >= 0.3 is 0 Å². The van der Waals surface area contributed by atoms with Gasteiger partial charge in [-0.05, 0) is 19.8 Å². The van der Waals surface area contributed by atoms with Crippen LogP contribution >= 0.6 is 0 Å². The van der Waals surface area contributed by atoms with Crippen LogP contribution in [0.5, 0.6) is 0 Å². The summed E-state index contributed by atoms with van der Waals surface area (Å²) in [6.45, 7) is 6.15. The summed E-state index contributed by atoms with van der Waals surface area (Å²) in [6.07, 6.45) is 5.95. The predicted molar refractivity (Wildman–Crippen MR) is 68.3 cm³/mol. The van der Waals surface area contributed by atoms with Crippen LogP contribution in [0.1, 0.15) is 19.8 Å². The van der Waals surface area contributed by atoms with Crippen LogP contribution in [0.2, 0.25) is 0 Å². The standard InChI is InChI=1S/C12H23N3O2/c1-3-15-8-7-14-12(15)13-6-4-5-9-17-11-10-16-2/h7-8H,3-6,9-11H2,1-2H3,(H,13,14). The van der Waals surface area contributed by atoms with Crippen LogP contribution in [0.3, 0.4) is 0 Å². The van der Waals surface area contributed by atoms with Crippen molar-refractivity contribution in [3.05, 3.63) is 12.4 Å². The zero-order chi connectivity index (χ0) is 12.3. The first kappa shape index (κ1) is 14.0. The van der Waals surface area contributed by atoms with Gasteiger partial charge in [-0.25, -0.2) is 4.98 Å². The van der Waals surface area contributed by atoms with Crippen molar-refractivity contribution in [2.24, 2.45) is 0 Å². The molecule has 0 saturated heterocycles. The fraction of sp³-hybridized carbons (Fsp3) is 0.750. The Hall–Kier alpha value is -1.07. The monoisotopic (exact) mass is 241 g/mol. The van der Waals surface area contributed by atoms with Crippen LogP contribution in [0.15, 0.2) is 12.4 Å². The van der Waals surface area contributed by atoms with Crippen molar-refractivity contribution in [1.82, 2.24) is 9.55 Å². The molecule has 0 radical (unpaired) electrons. The summed E-state index contributed by atoms with van der Waals surface area (Å²) in [5.74, 6) is 0.952. The maximum atomic E-state index is 5.38. The Morgan fingerprint density at radius 3 is 2.94 bits per heavy atom. The van der Waals surface area contributed by atoms with Crippen molar-refractivity contribution in [2.45, 2.75) is 26.3 Å². The maximum Gasteiger partial charge on any atom is 0.202 e. The van der Waals surface area contributed by atoms with Crippen LogP contribution in [0, 0.1) is 0 Å². The number of aromatic nitrogens is 2. The van der Waals surface area contributed by atoms with Crippen molar-refractivity contribution in [3.8, 4) is 0 Å². The van der Waals surface area contributed by atoms with Gasteiger partial charge in [0.05, 0.1) is 13.2 Å². The third-order valence-electron chi connectivity index (χ3n) is 2.49. The Bertz CT molecular complexity index is 289. The predicted octanol–water partition coefficient (Wildman–Crippen LogP) is 1.76. The molecule has 0 aliphatic carbocycles. The third-order valence-corrected chi connectivity index (χ3v) is 2.49. The molecule has 5 heteroatoms. The molecular formula is C12H23N3O2. The van der Waals surface area contributed by atoms with Crippen molar-refractivity contribution < 1.29 is 9.47 Å². The van der Waals surface area contributed by atoms with Crippen LogP contribution in [-0.4, -0.2) is 43.0 Å². The largest absolute Gasteiger partial charge is 0.382 e. The minimum Gasteiger partial charge on any atom is -0.382 e. The summed E-state index contributed by atoms with van der Waals surface area (Å²) in [5, 5.41) is 3.32. The zero-order valence-electron chi connectivity index (χ0n) is 10.8. The first-order chi connectivity index (χ1) is 8.38. The molecule has 5 nitrogen and oxygen atoms in total. The molecule has 0 aromatic carbocycles. The molecule has 1 heterocycles. The Morgan fingerprint density at radius 2 is 2.18 bits per heavy atom. The number of ether oxygens (including phenoxy) is 2. The van der Waals surface area contributed by atoms with E-state index in [0.717, 1.165) is 38.5 Å². The Labute approximate surface area is 103 Å². The molecule has 0 amide bonds. The number of imidazole rings is 1. The van der Waals surface area contributed by atoms with Gasteiger partial charge in [-0.1, -0.05) is 0 Å². The van der Waals surface area contributed by atoms with Crippen LogP contribution in [0.4, 0.5) is 5.95 Å². The average Bonchev–Trinajstić information content (AvgIpc) is 2.80. The van der Waals surface area contributed by atoms with E-state index in [1.807, 2.05) is 12.4 Å². The first-order valence-corrected chi connectivity index (χ1v) is 6.20.